The molecule has 0 unspecified atom stereocenters. The largest absolute Gasteiger partial charge is 0.274 e. The monoisotopic (exact) mass is 493 g/mol. The first-order valence-corrected chi connectivity index (χ1v) is 12.8. The second-order valence-electron chi connectivity index (χ2n) is 9.11. The van der Waals surface area contributed by atoms with Crippen molar-refractivity contribution in [3.05, 3.63) is 115 Å². The van der Waals surface area contributed by atoms with Gasteiger partial charge in [0.25, 0.3) is 0 Å². The molecule has 0 saturated carbocycles. The number of fused-ring (bicyclic) bond motifs is 9. The molecule has 0 aliphatic rings. The fraction of sp³-hybridized carbons (Fsp3) is 0.0303. The fourth-order valence-electron chi connectivity index (χ4n) is 5.48. The lowest BCUT2D eigenvalue weighted by atomic mass is 10.0. The number of rotatable bonds is 2. The van der Waals surface area contributed by atoms with Gasteiger partial charge in [0, 0.05) is 36.5 Å². The molecule has 0 aliphatic heterocycles. The van der Waals surface area contributed by atoms with Crippen molar-refractivity contribution < 1.29 is 0 Å². The van der Waals surface area contributed by atoms with Crippen LogP contribution in [0, 0.1) is 0 Å². The molecule has 0 aliphatic carbocycles. The summed E-state index contributed by atoms with van der Waals surface area (Å²) in [7, 11) is 0. The highest BCUT2D eigenvalue weighted by Gasteiger charge is 2.16. The number of hydrogen-bond acceptors (Lipinski definition) is 3. The molecule has 3 nitrogen and oxygen atoms in total. The number of aromatic nitrogens is 3. The van der Waals surface area contributed by atoms with Crippen LogP contribution in [-0.2, 0) is 0 Å². The molecule has 8 aromatic rings. The van der Waals surface area contributed by atoms with E-state index in [1.54, 1.807) is 0 Å². The minimum atomic E-state index is 0. The SMILES string of the molecule is C.c1cc(-c2cccc3c2sc2ccccc23)cc(-c2nnc3c4ccccc4c4ccccc4n23)c1. The summed E-state index contributed by atoms with van der Waals surface area (Å²) >= 11 is 1.86. The number of para-hydroxylation sites is 1. The summed E-state index contributed by atoms with van der Waals surface area (Å²) in [5.41, 5.74) is 5.49. The predicted octanol–water partition coefficient (Wildman–Crippen LogP) is 9.37. The Morgan fingerprint density at radius 3 is 2.11 bits per heavy atom. The Kier molecular flexibility index (Phi) is 4.85. The van der Waals surface area contributed by atoms with Crippen LogP contribution in [0.3, 0.4) is 0 Å². The molecule has 3 heterocycles. The van der Waals surface area contributed by atoms with E-state index in [4.69, 9.17) is 5.10 Å². The van der Waals surface area contributed by atoms with E-state index in [1.165, 1.54) is 42.1 Å². The van der Waals surface area contributed by atoms with Gasteiger partial charge >= 0.3 is 0 Å². The van der Waals surface area contributed by atoms with E-state index in [9.17, 15) is 0 Å². The van der Waals surface area contributed by atoms with Gasteiger partial charge in [-0.2, -0.15) is 0 Å². The van der Waals surface area contributed by atoms with E-state index in [0.29, 0.717) is 0 Å². The highest BCUT2D eigenvalue weighted by molar-refractivity contribution is 7.26. The van der Waals surface area contributed by atoms with Crippen LogP contribution in [-0.4, -0.2) is 14.6 Å². The summed E-state index contributed by atoms with van der Waals surface area (Å²) in [5.74, 6) is 0.859. The molecule has 0 amide bonds. The third kappa shape index (κ3) is 3.13. The lowest BCUT2D eigenvalue weighted by Gasteiger charge is -2.10. The van der Waals surface area contributed by atoms with Crippen LogP contribution in [0.2, 0.25) is 0 Å². The Hall–Kier alpha value is -4.54. The quantitative estimate of drug-likeness (QED) is 0.225. The zero-order chi connectivity index (χ0) is 23.6. The molecule has 0 N–H and O–H groups in total. The topological polar surface area (TPSA) is 30.2 Å². The van der Waals surface area contributed by atoms with Gasteiger partial charge in [-0.3, -0.25) is 4.40 Å². The van der Waals surface area contributed by atoms with Crippen LogP contribution < -0.4 is 0 Å². The normalized spacial score (nSPS) is 11.6. The van der Waals surface area contributed by atoms with Gasteiger partial charge in [-0.1, -0.05) is 104 Å². The van der Waals surface area contributed by atoms with Crippen LogP contribution in [0.25, 0.3) is 70.0 Å². The van der Waals surface area contributed by atoms with E-state index in [1.807, 2.05) is 11.3 Å². The zero-order valence-electron chi connectivity index (χ0n) is 19.2. The maximum Gasteiger partial charge on any atom is 0.169 e. The molecule has 0 spiro atoms. The van der Waals surface area contributed by atoms with Gasteiger partial charge in [0.1, 0.15) is 0 Å². The average molecular weight is 494 g/mol. The van der Waals surface area contributed by atoms with Gasteiger partial charge in [-0.15, -0.1) is 21.5 Å². The van der Waals surface area contributed by atoms with E-state index < -0.39 is 0 Å². The van der Waals surface area contributed by atoms with Gasteiger partial charge in [0.2, 0.25) is 0 Å². The first-order valence-electron chi connectivity index (χ1n) is 12.0. The zero-order valence-corrected chi connectivity index (χ0v) is 20.0. The molecule has 0 saturated heterocycles. The van der Waals surface area contributed by atoms with Gasteiger partial charge in [-0.05, 0) is 34.7 Å². The van der Waals surface area contributed by atoms with Crippen molar-refractivity contribution in [2.45, 2.75) is 7.43 Å². The van der Waals surface area contributed by atoms with Crippen LogP contribution in [0.15, 0.2) is 115 Å². The number of nitrogens with zero attached hydrogens (tertiary/aromatic N) is 3. The highest BCUT2D eigenvalue weighted by Crippen LogP contribution is 2.40. The molecule has 0 bridgehead atoms. The fourth-order valence-corrected chi connectivity index (χ4v) is 6.72. The van der Waals surface area contributed by atoms with E-state index >= 15 is 0 Å². The summed E-state index contributed by atoms with van der Waals surface area (Å²) in [6, 6.07) is 40.9. The van der Waals surface area contributed by atoms with Crippen molar-refractivity contribution in [1.29, 1.82) is 0 Å². The summed E-state index contributed by atoms with van der Waals surface area (Å²) in [5, 5.41) is 15.5. The van der Waals surface area contributed by atoms with Crippen LogP contribution >= 0.6 is 11.3 Å². The van der Waals surface area contributed by atoms with Gasteiger partial charge in [-0.25, -0.2) is 0 Å². The minimum absolute atomic E-state index is 0. The van der Waals surface area contributed by atoms with Crippen LogP contribution in [0.4, 0.5) is 0 Å². The van der Waals surface area contributed by atoms with Crippen molar-refractivity contribution in [2.24, 2.45) is 0 Å². The van der Waals surface area contributed by atoms with E-state index in [0.717, 1.165) is 27.9 Å². The Morgan fingerprint density at radius 1 is 0.541 bits per heavy atom. The molecule has 4 heteroatoms. The Morgan fingerprint density at radius 2 is 1.22 bits per heavy atom. The molecular weight excluding hydrogens is 470 g/mol. The van der Waals surface area contributed by atoms with E-state index in [2.05, 4.69) is 125 Å². The molecule has 176 valence electrons. The maximum atomic E-state index is 4.71. The maximum absolute atomic E-state index is 4.71. The molecule has 0 atom stereocenters. The third-order valence-corrected chi connectivity index (χ3v) is 8.32. The van der Waals surface area contributed by atoms with Crippen molar-refractivity contribution in [1.82, 2.24) is 14.6 Å². The van der Waals surface area contributed by atoms with Crippen LogP contribution in [0.5, 0.6) is 0 Å². The predicted molar refractivity (Wildman–Crippen MR) is 158 cm³/mol. The number of pyridine rings is 1. The van der Waals surface area contributed by atoms with Gasteiger partial charge < -0.3 is 0 Å². The summed E-state index contributed by atoms with van der Waals surface area (Å²) in [4.78, 5) is 0. The van der Waals surface area contributed by atoms with Crippen molar-refractivity contribution in [3.8, 4) is 22.5 Å². The second-order valence-corrected chi connectivity index (χ2v) is 10.2. The molecule has 8 rings (SSSR count). The van der Waals surface area contributed by atoms with E-state index in [-0.39, 0.29) is 7.43 Å². The standard InChI is InChI=1S/C32H19N3S.CH4/c1-2-14-27-23(11-1)24-12-3-5-17-28(24)35-31(33-34-32(27)35)21-10-7-9-20(19-21)22-15-8-16-26-25-13-4-6-18-29(25)36-30(22)26;/h1-19H;1H4. The lowest BCUT2D eigenvalue weighted by Crippen LogP contribution is -1.94. The first kappa shape index (κ1) is 21.7. The third-order valence-electron chi connectivity index (χ3n) is 7.10. The highest BCUT2D eigenvalue weighted by atomic mass is 32.1. The first-order chi connectivity index (χ1) is 17.9. The van der Waals surface area contributed by atoms with Crippen LogP contribution in [0.1, 0.15) is 7.43 Å². The van der Waals surface area contributed by atoms with Gasteiger partial charge in [0.15, 0.2) is 11.5 Å². The Bertz CT molecular complexity index is 2120. The summed E-state index contributed by atoms with van der Waals surface area (Å²) in [6.07, 6.45) is 0. The molecule has 37 heavy (non-hydrogen) atoms. The number of thiophene rings is 1. The molecule has 0 fully saturated rings. The number of hydrogen-bond donors (Lipinski definition) is 0. The van der Waals surface area contributed by atoms with Crippen molar-refractivity contribution >= 4 is 58.8 Å². The molecule has 0 radical (unpaired) electrons. The van der Waals surface area contributed by atoms with Gasteiger partial charge in [0.05, 0.1) is 5.52 Å². The molecule has 3 aromatic heterocycles. The average Bonchev–Trinajstić information content (AvgIpc) is 3.56. The lowest BCUT2D eigenvalue weighted by molar-refractivity contribution is 1.12. The second kappa shape index (κ2) is 8.26. The Labute approximate surface area is 218 Å². The summed E-state index contributed by atoms with van der Waals surface area (Å²) < 4.78 is 4.84. The molecule has 5 aromatic carbocycles. The summed E-state index contributed by atoms with van der Waals surface area (Å²) in [6.45, 7) is 0. The Balaban J connectivity index is 0.00000231. The smallest absolute Gasteiger partial charge is 0.169 e. The number of benzene rings is 5. The van der Waals surface area contributed by atoms with Crippen molar-refractivity contribution in [2.75, 3.05) is 0 Å². The molecular formula is C33H23N3S. The minimum Gasteiger partial charge on any atom is -0.274 e. The van der Waals surface area contributed by atoms with Crippen molar-refractivity contribution in [3.63, 3.8) is 0 Å².